The van der Waals surface area contributed by atoms with Gasteiger partial charge in [0.2, 0.25) is 0 Å². The summed E-state index contributed by atoms with van der Waals surface area (Å²) in [6.07, 6.45) is 0. The molecule has 1 amide bonds. The number of rotatable bonds is 5. The number of carbonyl (C=O) groups is 2. The third kappa shape index (κ3) is 4.46. The highest BCUT2D eigenvalue weighted by molar-refractivity contribution is 6.34. The second-order valence-corrected chi connectivity index (χ2v) is 5.92. The van der Waals surface area contributed by atoms with E-state index < -0.39 is 11.9 Å². The number of carbonyl (C=O) groups excluding carboxylic acids is 2. The Morgan fingerprint density at radius 1 is 1.17 bits per heavy atom. The number of hydrogen-bond acceptors (Lipinski definition) is 4. The topological polar surface area (TPSA) is 59.5 Å². The molecule has 0 aliphatic carbocycles. The quantitative estimate of drug-likeness (QED) is 0.599. The molecule has 0 aliphatic rings. The van der Waals surface area contributed by atoms with E-state index in [0.717, 1.165) is 11.1 Å². The van der Waals surface area contributed by atoms with Crippen molar-refractivity contribution in [2.75, 3.05) is 13.7 Å². The summed E-state index contributed by atoms with van der Waals surface area (Å²) in [5.74, 6) is -1.02. The van der Waals surface area contributed by atoms with Gasteiger partial charge in [-0.2, -0.15) is 0 Å². The van der Waals surface area contributed by atoms with E-state index in [1.807, 2.05) is 31.2 Å². The second-order valence-electron chi connectivity index (χ2n) is 5.13. The van der Waals surface area contributed by atoms with E-state index in [1.54, 1.807) is 0 Å². The Morgan fingerprint density at radius 3 is 2.54 bits per heavy atom. The average Bonchev–Trinajstić information content (AvgIpc) is 2.57. The van der Waals surface area contributed by atoms with Crippen LogP contribution in [0, 0.1) is 6.92 Å². The number of esters is 1. The van der Waals surface area contributed by atoms with E-state index in [-0.39, 0.29) is 29.0 Å². The van der Waals surface area contributed by atoms with E-state index in [1.165, 1.54) is 24.1 Å². The number of ether oxygens (including phenoxy) is 1. The molecule has 0 atom stereocenters. The minimum Gasteiger partial charge on any atom is -0.468 e. The molecule has 5 nitrogen and oxygen atoms in total. The Bertz CT molecular complexity index is 765. The van der Waals surface area contributed by atoms with Crippen LogP contribution in [0.25, 0.3) is 0 Å². The van der Waals surface area contributed by atoms with Gasteiger partial charge in [0, 0.05) is 6.54 Å². The van der Waals surface area contributed by atoms with E-state index in [4.69, 9.17) is 23.2 Å². The molecule has 1 heterocycles. The standard InChI is InChI=1S/C17H16Cl2N2O3/c1-11-5-3-4-6-12(11)9-21(10-15(22)24-2)17(23)16-13(18)7-8-14(19)20-16/h3-8H,9-10H2,1-2H3. The highest BCUT2D eigenvalue weighted by atomic mass is 35.5. The number of amides is 1. The summed E-state index contributed by atoms with van der Waals surface area (Å²) in [4.78, 5) is 29.8. The Morgan fingerprint density at radius 2 is 1.88 bits per heavy atom. The van der Waals surface area contributed by atoms with Crippen molar-refractivity contribution in [1.82, 2.24) is 9.88 Å². The fourth-order valence-electron chi connectivity index (χ4n) is 2.13. The Hall–Kier alpha value is -2.11. The van der Waals surface area contributed by atoms with Crippen molar-refractivity contribution in [3.8, 4) is 0 Å². The summed E-state index contributed by atoms with van der Waals surface area (Å²) in [7, 11) is 1.27. The van der Waals surface area contributed by atoms with Crippen molar-refractivity contribution in [3.63, 3.8) is 0 Å². The molecular weight excluding hydrogens is 351 g/mol. The normalized spacial score (nSPS) is 10.3. The molecule has 7 heteroatoms. The van der Waals surface area contributed by atoms with Gasteiger partial charge in [-0.05, 0) is 30.2 Å². The van der Waals surface area contributed by atoms with Gasteiger partial charge in [0.1, 0.15) is 17.4 Å². The molecule has 0 radical (unpaired) electrons. The molecule has 2 aromatic rings. The number of methoxy groups -OCH3 is 1. The summed E-state index contributed by atoms with van der Waals surface area (Å²) in [5.41, 5.74) is 1.92. The maximum absolute atomic E-state index is 12.8. The largest absolute Gasteiger partial charge is 0.468 e. The highest BCUT2D eigenvalue weighted by Gasteiger charge is 2.23. The van der Waals surface area contributed by atoms with Crippen molar-refractivity contribution in [2.45, 2.75) is 13.5 Å². The van der Waals surface area contributed by atoms with Crippen LogP contribution in [-0.2, 0) is 16.1 Å². The lowest BCUT2D eigenvalue weighted by Crippen LogP contribution is -2.36. The fourth-order valence-corrected chi connectivity index (χ4v) is 2.46. The molecule has 1 aromatic heterocycles. The van der Waals surface area contributed by atoms with Crippen molar-refractivity contribution >= 4 is 35.1 Å². The number of pyridine rings is 1. The molecule has 0 bridgehead atoms. The molecule has 0 aliphatic heterocycles. The van der Waals surface area contributed by atoms with Crippen LogP contribution >= 0.6 is 23.2 Å². The number of nitrogens with zero attached hydrogens (tertiary/aromatic N) is 2. The predicted octanol–water partition coefficient (Wildman–Crippen LogP) is 3.51. The van der Waals surface area contributed by atoms with Gasteiger partial charge >= 0.3 is 5.97 Å². The zero-order valence-electron chi connectivity index (χ0n) is 13.3. The predicted molar refractivity (Wildman–Crippen MR) is 92.2 cm³/mol. The molecule has 0 saturated carbocycles. The first-order valence-electron chi connectivity index (χ1n) is 7.15. The van der Waals surface area contributed by atoms with Crippen LogP contribution in [0.2, 0.25) is 10.2 Å². The first-order chi connectivity index (χ1) is 11.4. The Balaban J connectivity index is 2.35. The molecule has 126 valence electrons. The molecular formula is C17H16Cl2N2O3. The molecule has 0 N–H and O–H groups in total. The summed E-state index contributed by atoms with van der Waals surface area (Å²) in [6.45, 7) is 1.94. The Kier molecular flexibility index (Phi) is 6.17. The van der Waals surface area contributed by atoms with Gasteiger partial charge in [-0.15, -0.1) is 0 Å². The second kappa shape index (κ2) is 8.13. The smallest absolute Gasteiger partial charge is 0.325 e. The lowest BCUT2D eigenvalue weighted by atomic mass is 10.1. The summed E-state index contributed by atoms with van der Waals surface area (Å²) < 4.78 is 4.68. The number of aromatic nitrogens is 1. The van der Waals surface area contributed by atoms with Gasteiger partial charge in [0.05, 0.1) is 12.1 Å². The highest BCUT2D eigenvalue weighted by Crippen LogP contribution is 2.20. The average molecular weight is 367 g/mol. The summed E-state index contributed by atoms with van der Waals surface area (Å²) >= 11 is 11.9. The van der Waals surface area contributed by atoms with E-state index >= 15 is 0 Å². The molecule has 0 unspecified atom stereocenters. The van der Waals surface area contributed by atoms with Crippen LogP contribution in [0.5, 0.6) is 0 Å². The molecule has 1 aromatic carbocycles. The van der Waals surface area contributed by atoms with Gasteiger partial charge in [-0.3, -0.25) is 9.59 Å². The van der Waals surface area contributed by atoms with Gasteiger partial charge < -0.3 is 9.64 Å². The van der Waals surface area contributed by atoms with E-state index in [2.05, 4.69) is 9.72 Å². The lowest BCUT2D eigenvalue weighted by molar-refractivity contribution is -0.141. The first kappa shape index (κ1) is 18.2. The molecule has 2 rings (SSSR count). The van der Waals surface area contributed by atoms with Gasteiger partial charge in [0.25, 0.3) is 5.91 Å². The maximum atomic E-state index is 12.8. The molecule has 0 saturated heterocycles. The number of aryl methyl sites for hydroxylation is 1. The first-order valence-corrected chi connectivity index (χ1v) is 7.90. The zero-order chi connectivity index (χ0) is 17.7. The SMILES string of the molecule is COC(=O)CN(Cc1ccccc1C)C(=O)c1nc(Cl)ccc1Cl. The van der Waals surface area contributed by atoms with Crippen molar-refractivity contribution < 1.29 is 14.3 Å². The van der Waals surface area contributed by atoms with Crippen molar-refractivity contribution in [1.29, 1.82) is 0 Å². The monoisotopic (exact) mass is 366 g/mol. The van der Waals surface area contributed by atoms with Gasteiger partial charge in [0.15, 0.2) is 0 Å². The minimum absolute atomic E-state index is 0.00153. The van der Waals surface area contributed by atoms with Gasteiger partial charge in [-0.25, -0.2) is 4.98 Å². The van der Waals surface area contributed by atoms with Crippen LogP contribution in [0.1, 0.15) is 21.6 Å². The fraction of sp³-hybridized carbons (Fsp3) is 0.235. The summed E-state index contributed by atoms with van der Waals surface area (Å²) in [5, 5.41) is 0.320. The third-order valence-corrected chi connectivity index (χ3v) is 3.99. The van der Waals surface area contributed by atoms with Crippen molar-refractivity contribution in [3.05, 3.63) is 63.4 Å². The van der Waals surface area contributed by atoms with Crippen molar-refractivity contribution in [2.24, 2.45) is 0 Å². The van der Waals surface area contributed by atoms with E-state index in [9.17, 15) is 9.59 Å². The minimum atomic E-state index is -0.532. The van der Waals surface area contributed by atoms with E-state index in [0.29, 0.717) is 0 Å². The lowest BCUT2D eigenvalue weighted by Gasteiger charge is -2.22. The van der Waals surface area contributed by atoms with Crippen LogP contribution in [0.4, 0.5) is 0 Å². The molecule has 0 fully saturated rings. The van der Waals surface area contributed by atoms with Crippen LogP contribution in [-0.4, -0.2) is 35.4 Å². The number of halogens is 2. The molecule has 24 heavy (non-hydrogen) atoms. The number of benzene rings is 1. The van der Waals surface area contributed by atoms with Crippen LogP contribution in [0.3, 0.4) is 0 Å². The van der Waals surface area contributed by atoms with Gasteiger partial charge in [-0.1, -0.05) is 47.5 Å². The summed E-state index contributed by atoms with van der Waals surface area (Å²) in [6, 6.07) is 10.6. The zero-order valence-corrected chi connectivity index (χ0v) is 14.8. The van der Waals surface area contributed by atoms with Crippen LogP contribution < -0.4 is 0 Å². The molecule has 0 spiro atoms. The van der Waals surface area contributed by atoms with Crippen LogP contribution in [0.15, 0.2) is 36.4 Å². The third-order valence-electron chi connectivity index (χ3n) is 3.47. The Labute approximate surface area is 150 Å². The maximum Gasteiger partial charge on any atom is 0.325 e. The number of hydrogen-bond donors (Lipinski definition) is 0.